The Kier molecular flexibility index (Phi) is 3.73. The molecule has 0 bridgehead atoms. The summed E-state index contributed by atoms with van der Waals surface area (Å²) in [6, 6.07) is 3.68. The van der Waals surface area contributed by atoms with Crippen molar-refractivity contribution in [1.29, 1.82) is 0 Å². The molecule has 0 heterocycles. The third-order valence-electron chi connectivity index (χ3n) is 1.95. The fraction of sp³-hybridized carbons (Fsp3) is 0.100. The average molecular weight is 253 g/mol. The summed E-state index contributed by atoms with van der Waals surface area (Å²) in [5.41, 5.74) is 10.6. The smallest absolute Gasteiger partial charge is 0.248 e. The summed E-state index contributed by atoms with van der Waals surface area (Å²) >= 11 is 0. The number of nitrogens with one attached hydrogen (secondary N) is 1. The first-order valence-corrected chi connectivity index (χ1v) is 5.99. The summed E-state index contributed by atoms with van der Waals surface area (Å²) in [7, 11) is -3.77. The molecule has 0 aliphatic rings. The molecule has 1 rings (SSSR count). The van der Waals surface area contributed by atoms with Crippen LogP contribution >= 0.6 is 0 Å². The highest BCUT2D eigenvalue weighted by molar-refractivity contribution is 7.89. The first kappa shape index (κ1) is 13.0. The quantitative estimate of drug-likeness (QED) is 0.485. The number of nitrogens with two attached hydrogens (primary N) is 2. The van der Waals surface area contributed by atoms with Crippen molar-refractivity contribution in [1.82, 2.24) is 4.72 Å². The number of carbonyl (C=O) groups excluding carboxylic acids is 1. The van der Waals surface area contributed by atoms with Crippen LogP contribution in [-0.4, -0.2) is 20.9 Å². The number of nitrogen functional groups attached to an aromatic ring is 1. The van der Waals surface area contributed by atoms with Gasteiger partial charge in [-0.2, -0.15) is 4.72 Å². The molecule has 0 radical (unpaired) electrons. The number of amides is 1. The van der Waals surface area contributed by atoms with Crippen molar-refractivity contribution in [2.24, 2.45) is 5.73 Å². The van der Waals surface area contributed by atoms with E-state index < -0.39 is 15.9 Å². The number of hydrogen-bond acceptors (Lipinski definition) is 4. The number of hydrogen-bond donors (Lipinski definition) is 3. The van der Waals surface area contributed by atoms with Gasteiger partial charge in [-0.05, 0) is 18.2 Å². The van der Waals surface area contributed by atoms with Crippen LogP contribution in [0.25, 0.3) is 0 Å². The second kappa shape index (κ2) is 4.86. The van der Waals surface area contributed by atoms with E-state index in [2.05, 4.69) is 10.6 Å². The summed E-state index contributed by atoms with van der Waals surface area (Å²) in [6.45, 7) is -0.140. The Hall–Kier alpha value is -2.04. The molecule has 90 valence electrons. The zero-order valence-electron chi connectivity index (χ0n) is 8.80. The first-order chi connectivity index (χ1) is 7.88. The summed E-state index contributed by atoms with van der Waals surface area (Å²) in [6.07, 6.45) is 4.95. The van der Waals surface area contributed by atoms with E-state index in [0.717, 1.165) is 0 Å². The van der Waals surface area contributed by atoms with E-state index in [1.54, 1.807) is 0 Å². The number of sulfonamides is 1. The van der Waals surface area contributed by atoms with Crippen LogP contribution in [0.3, 0.4) is 0 Å². The van der Waals surface area contributed by atoms with Crippen molar-refractivity contribution in [2.45, 2.75) is 4.90 Å². The lowest BCUT2D eigenvalue weighted by Crippen LogP contribution is -2.25. The van der Waals surface area contributed by atoms with Gasteiger partial charge in [0.1, 0.15) is 4.90 Å². The largest absolute Gasteiger partial charge is 0.398 e. The van der Waals surface area contributed by atoms with E-state index in [9.17, 15) is 13.2 Å². The van der Waals surface area contributed by atoms with Crippen molar-refractivity contribution in [2.75, 3.05) is 12.3 Å². The third kappa shape index (κ3) is 2.96. The van der Waals surface area contributed by atoms with Gasteiger partial charge in [0.15, 0.2) is 0 Å². The van der Waals surface area contributed by atoms with Gasteiger partial charge in [0.2, 0.25) is 15.9 Å². The maximum absolute atomic E-state index is 11.7. The van der Waals surface area contributed by atoms with Gasteiger partial charge >= 0.3 is 0 Å². The first-order valence-electron chi connectivity index (χ1n) is 4.51. The van der Waals surface area contributed by atoms with Crippen LogP contribution in [0.1, 0.15) is 10.4 Å². The van der Waals surface area contributed by atoms with Crippen LogP contribution in [-0.2, 0) is 10.0 Å². The minimum atomic E-state index is -3.77. The Labute approximate surface area is 99.0 Å². The molecule has 0 aromatic heterocycles. The van der Waals surface area contributed by atoms with Gasteiger partial charge in [0.05, 0.1) is 12.2 Å². The number of primary amides is 1. The molecule has 0 aliphatic carbocycles. The van der Waals surface area contributed by atoms with E-state index in [1.165, 1.54) is 18.2 Å². The highest BCUT2D eigenvalue weighted by Gasteiger charge is 2.17. The zero-order chi connectivity index (χ0) is 13.1. The standard InChI is InChI=1S/C10H11N3O3S/c1-2-5-13-17(15,16)9-4-3-7(10(12)14)6-8(9)11/h1,3-4,6,13H,5,11H2,(H2,12,14). The van der Waals surface area contributed by atoms with Crippen LogP contribution in [0.4, 0.5) is 5.69 Å². The molecule has 0 unspecified atom stereocenters. The Bertz CT molecular complexity index is 587. The van der Waals surface area contributed by atoms with Gasteiger partial charge in [-0.1, -0.05) is 5.92 Å². The highest BCUT2D eigenvalue weighted by Crippen LogP contribution is 2.19. The van der Waals surface area contributed by atoms with Crippen molar-refractivity contribution in [3.63, 3.8) is 0 Å². The van der Waals surface area contributed by atoms with Crippen LogP contribution in [0.15, 0.2) is 23.1 Å². The molecule has 0 aliphatic heterocycles. The third-order valence-corrected chi connectivity index (χ3v) is 3.42. The molecule has 0 spiro atoms. The fourth-order valence-corrected chi connectivity index (χ4v) is 2.21. The van der Waals surface area contributed by atoms with Gasteiger partial charge in [-0.3, -0.25) is 4.79 Å². The van der Waals surface area contributed by atoms with E-state index in [1.807, 2.05) is 0 Å². The lowest BCUT2D eigenvalue weighted by molar-refractivity contribution is 0.1000. The molecular weight excluding hydrogens is 242 g/mol. The normalized spacial score (nSPS) is 10.8. The van der Waals surface area contributed by atoms with E-state index in [4.69, 9.17) is 17.9 Å². The molecule has 1 amide bonds. The van der Waals surface area contributed by atoms with Gasteiger partial charge in [0, 0.05) is 5.56 Å². The van der Waals surface area contributed by atoms with Gasteiger partial charge in [-0.25, -0.2) is 8.42 Å². The average Bonchev–Trinajstić information content (AvgIpc) is 2.25. The molecule has 1 aromatic carbocycles. The van der Waals surface area contributed by atoms with Crippen LogP contribution in [0.5, 0.6) is 0 Å². The van der Waals surface area contributed by atoms with Crippen molar-refractivity contribution in [3.8, 4) is 12.3 Å². The molecule has 0 saturated carbocycles. The van der Waals surface area contributed by atoms with Crippen molar-refractivity contribution < 1.29 is 13.2 Å². The SMILES string of the molecule is C#CCNS(=O)(=O)c1ccc(C(N)=O)cc1N. The Balaban J connectivity index is 3.17. The predicted octanol–water partition coefficient (Wildman–Crippen LogP) is -0.721. The molecule has 5 N–H and O–H groups in total. The number of carbonyl (C=O) groups is 1. The second-order valence-corrected chi connectivity index (χ2v) is 4.88. The molecule has 0 atom stereocenters. The van der Waals surface area contributed by atoms with Gasteiger partial charge < -0.3 is 11.5 Å². The summed E-state index contributed by atoms with van der Waals surface area (Å²) in [4.78, 5) is 10.7. The monoisotopic (exact) mass is 253 g/mol. The fourth-order valence-electron chi connectivity index (χ4n) is 1.16. The van der Waals surface area contributed by atoms with Crippen LogP contribution in [0, 0.1) is 12.3 Å². The maximum Gasteiger partial charge on any atom is 0.248 e. The molecule has 0 fully saturated rings. The second-order valence-electron chi connectivity index (χ2n) is 3.15. The van der Waals surface area contributed by atoms with Gasteiger partial charge in [0.25, 0.3) is 0 Å². The number of terminal acetylenes is 1. The minimum Gasteiger partial charge on any atom is -0.398 e. The Morgan fingerprint density at radius 1 is 1.47 bits per heavy atom. The molecule has 0 saturated heterocycles. The van der Waals surface area contributed by atoms with E-state index in [-0.39, 0.29) is 22.7 Å². The summed E-state index contributed by atoms with van der Waals surface area (Å²) in [5.74, 6) is 1.45. The topological polar surface area (TPSA) is 115 Å². The molecule has 7 heteroatoms. The van der Waals surface area contributed by atoms with E-state index >= 15 is 0 Å². The number of benzene rings is 1. The van der Waals surface area contributed by atoms with Crippen LogP contribution < -0.4 is 16.2 Å². The predicted molar refractivity (Wildman–Crippen MR) is 63.4 cm³/mol. The molecule has 1 aromatic rings. The Morgan fingerprint density at radius 3 is 2.59 bits per heavy atom. The molecular formula is C10H11N3O3S. The highest BCUT2D eigenvalue weighted by atomic mass is 32.2. The summed E-state index contributed by atoms with van der Waals surface area (Å²) < 4.78 is 25.5. The van der Waals surface area contributed by atoms with E-state index in [0.29, 0.717) is 0 Å². The zero-order valence-corrected chi connectivity index (χ0v) is 9.62. The summed E-state index contributed by atoms with van der Waals surface area (Å²) in [5, 5.41) is 0. The lowest BCUT2D eigenvalue weighted by Gasteiger charge is -2.08. The minimum absolute atomic E-state index is 0.0641. The lowest BCUT2D eigenvalue weighted by atomic mass is 10.2. The van der Waals surface area contributed by atoms with Crippen molar-refractivity contribution >= 4 is 21.6 Å². The van der Waals surface area contributed by atoms with Crippen LogP contribution in [0.2, 0.25) is 0 Å². The Morgan fingerprint density at radius 2 is 2.12 bits per heavy atom. The van der Waals surface area contributed by atoms with Crippen molar-refractivity contribution in [3.05, 3.63) is 23.8 Å². The van der Waals surface area contributed by atoms with Gasteiger partial charge in [-0.15, -0.1) is 6.42 Å². The number of anilines is 1. The number of rotatable bonds is 4. The maximum atomic E-state index is 11.7. The molecule has 6 nitrogen and oxygen atoms in total. The molecule has 17 heavy (non-hydrogen) atoms.